The maximum Gasteiger partial charge on any atom is 0.0617 e. The highest BCUT2D eigenvalue weighted by atomic mass is 16.5. The van der Waals surface area contributed by atoms with Crippen LogP contribution in [0.1, 0.15) is 47.9 Å². The number of hydrogen-bond acceptors (Lipinski definition) is 3. The normalized spacial score (nSPS) is 20.1. The zero-order valence-corrected chi connectivity index (χ0v) is 11.5. The van der Waals surface area contributed by atoms with Crippen molar-refractivity contribution in [1.29, 1.82) is 0 Å². The summed E-state index contributed by atoms with van der Waals surface area (Å²) in [6.45, 7) is 9.61. The van der Waals surface area contributed by atoms with Crippen molar-refractivity contribution in [1.82, 2.24) is 4.90 Å². The molecule has 3 heteroatoms. The minimum absolute atomic E-state index is 0. The molecule has 1 heterocycles. The summed E-state index contributed by atoms with van der Waals surface area (Å²) in [5.41, 5.74) is 5.85. The lowest BCUT2D eigenvalue weighted by atomic mass is 10.0. The second-order valence-electron chi connectivity index (χ2n) is 4.60. The van der Waals surface area contributed by atoms with E-state index in [0.29, 0.717) is 12.1 Å². The van der Waals surface area contributed by atoms with Crippen molar-refractivity contribution in [2.75, 3.05) is 26.8 Å². The molecular formula is C13H32N2O. The summed E-state index contributed by atoms with van der Waals surface area (Å²) >= 11 is 0. The summed E-state index contributed by atoms with van der Waals surface area (Å²) < 4.78 is 5.20. The van der Waals surface area contributed by atoms with Crippen LogP contribution in [0.15, 0.2) is 0 Å². The van der Waals surface area contributed by atoms with Crippen LogP contribution in [0.25, 0.3) is 0 Å². The lowest BCUT2D eigenvalue weighted by Crippen LogP contribution is -2.46. The van der Waals surface area contributed by atoms with Gasteiger partial charge in [0.2, 0.25) is 0 Å². The third kappa shape index (κ3) is 6.46. The molecule has 1 aliphatic heterocycles. The second kappa shape index (κ2) is 10.1. The lowest BCUT2D eigenvalue weighted by Gasteiger charge is -2.35. The third-order valence-corrected chi connectivity index (χ3v) is 2.92. The maximum absolute atomic E-state index is 5.85. The minimum atomic E-state index is 0. The van der Waals surface area contributed by atoms with Gasteiger partial charge in [0.15, 0.2) is 0 Å². The first kappa shape index (κ1) is 15.9. The average molecular weight is 232 g/mol. The van der Waals surface area contributed by atoms with E-state index in [1.807, 2.05) is 0 Å². The fourth-order valence-electron chi connectivity index (χ4n) is 1.96. The second-order valence-corrected chi connectivity index (χ2v) is 4.60. The first-order chi connectivity index (χ1) is 7.69. The summed E-state index contributed by atoms with van der Waals surface area (Å²) in [7, 11) is 1.78. The zero-order chi connectivity index (χ0) is 12.4. The van der Waals surface area contributed by atoms with Crippen LogP contribution in [0.5, 0.6) is 0 Å². The summed E-state index contributed by atoms with van der Waals surface area (Å²) in [6, 6.07) is 1.02. The summed E-state index contributed by atoms with van der Waals surface area (Å²) in [4.78, 5) is 2.51. The molecule has 1 saturated heterocycles. The van der Waals surface area contributed by atoms with E-state index in [9.17, 15) is 0 Å². The minimum Gasteiger partial charge on any atom is -0.383 e. The number of ether oxygens (including phenoxy) is 1. The fraction of sp³-hybridized carbons (Fsp3) is 1.00. The third-order valence-electron chi connectivity index (χ3n) is 2.92. The summed E-state index contributed by atoms with van der Waals surface area (Å²) in [5.74, 6) is 0. The molecule has 1 aliphatic rings. The topological polar surface area (TPSA) is 38.5 Å². The van der Waals surface area contributed by atoms with Crippen molar-refractivity contribution in [2.24, 2.45) is 5.73 Å². The predicted octanol–water partition coefficient (Wildman–Crippen LogP) is 2.50. The molecule has 0 aromatic carbocycles. The molecule has 1 fully saturated rings. The monoisotopic (exact) mass is 232 g/mol. The van der Waals surface area contributed by atoms with E-state index < -0.39 is 0 Å². The molecule has 0 bridgehead atoms. The fourth-order valence-corrected chi connectivity index (χ4v) is 1.96. The Kier molecular flexibility index (Phi) is 9.99. The van der Waals surface area contributed by atoms with Crippen molar-refractivity contribution in [2.45, 2.75) is 58.5 Å². The number of piperidine rings is 1. The molecular weight excluding hydrogens is 200 g/mol. The molecule has 0 aliphatic carbocycles. The number of methoxy groups -OCH3 is 1. The Morgan fingerprint density at radius 1 is 1.31 bits per heavy atom. The number of nitrogens with two attached hydrogens (primary N) is 1. The lowest BCUT2D eigenvalue weighted by molar-refractivity contribution is 0.0711. The van der Waals surface area contributed by atoms with E-state index in [0.717, 1.165) is 32.5 Å². The molecule has 0 aromatic heterocycles. The Hall–Kier alpha value is -0.120. The van der Waals surface area contributed by atoms with Gasteiger partial charge in [-0.25, -0.2) is 0 Å². The number of hydrogen-bond donors (Lipinski definition) is 1. The summed E-state index contributed by atoms with van der Waals surface area (Å²) in [6.07, 6.45) is 4.70. The Morgan fingerprint density at radius 2 is 1.81 bits per heavy atom. The summed E-state index contributed by atoms with van der Waals surface area (Å²) in [5, 5.41) is 0. The standard InChI is InChI=1S/C10H22N2O.C3H8.H2/c1-3-10(8-13-2)12-6-4-9(11)5-7-12;1-3-2;/h9-10H,3-8,11H2,1-2H3;3H2,1-2H3;1H. The van der Waals surface area contributed by atoms with Gasteiger partial charge in [-0.3, -0.25) is 4.90 Å². The van der Waals surface area contributed by atoms with Crippen molar-refractivity contribution >= 4 is 0 Å². The number of nitrogens with zero attached hydrogens (tertiary/aromatic N) is 1. The molecule has 0 spiro atoms. The van der Waals surface area contributed by atoms with E-state index in [4.69, 9.17) is 10.5 Å². The van der Waals surface area contributed by atoms with Gasteiger partial charge in [0, 0.05) is 20.6 Å². The van der Waals surface area contributed by atoms with Gasteiger partial charge < -0.3 is 10.5 Å². The Morgan fingerprint density at radius 3 is 2.19 bits per heavy atom. The van der Waals surface area contributed by atoms with Gasteiger partial charge in [0.1, 0.15) is 0 Å². The van der Waals surface area contributed by atoms with Crippen LogP contribution in [0.2, 0.25) is 0 Å². The van der Waals surface area contributed by atoms with Crippen LogP contribution in [0.3, 0.4) is 0 Å². The molecule has 16 heavy (non-hydrogen) atoms. The Labute approximate surface area is 103 Å². The van der Waals surface area contributed by atoms with Gasteiger partial charge in [0.05, 0.1) is 6.61 Å². The first-order valence-electron chi connectivity index (χ1n) is 6.68. The Balaban J connectivity index is 0. The largest absolute Gasteiger partial charge is 0.383 e. The van der Waals surface area contributed by atoms with Crippen LogP contribution in [-0.2, 0) is 4.74 Å². The number of rotatable bonds is 4. The van der Waals surface area contributed by atoms with E-state index in [2.05, 4.69) is 25.7 Å². The predicted molar refractivity (Wildman–Crippen MR) is 72.8 cm³/mol. The molecule has 0 aromatic rings. The van der Waals surface area contributed by atoms with Gasteiger partial charge in [-0.2, -0.15) is 0 Å². The molecule has 0 amide bonds. The van der Waals surface area contributed by atoms with Crippen LogP contribution < -0.4 is 5.73 Å². The molecule has 1 rings (SSSR count). The van der Waals surface area contributed by atoms with Crippen LogP contribution in [0.4, 0.5) is 0 Å². The van der Waals surface area contributed by atoms with Crippen molar-refractivity contribution in [3.8, 4) is 0 Å². The number of likely N-dealkylation sites (tertiary alicyclic amines) is 1. The van der Waals surface area contributed by atoms with Gasteiger partial charge in [-0.15, -0.1) is 0 Å². The van der Waals surface area contributed by atoms with Crippen molar-refractivity contribution in [3.63, 3.8) is 0 Å². The van der Waals surface area contributed by atoms with E-state index in [-0.39, 0.29) is 1.43 Å². The Bertz CT molecular complexity index is 150. The van der Waals surface area contributed by atoms with E-state index >= 15 is 0 Å². The average Bonchev–Trinajstić information content (AvgIpc) is 2.28. The highest BCUT2D eigenvalue weighted by molar-refractivity contribution is 4.78. The van der Waals surface area contributed by atoms with E-state index in [1.54, 1.807) is 7.11 Å². The van der Waals surface area contributed by atoms with Gasteiger partial charge in [-0.1, -0.05) is 27.2 Å². The molecule has 0 saturated carbocycles. The molecule has 100 valence electrons. The van der Waals surface area contributed by atoms with Gasteiger partial charge in [-0.05, 0) is 32.4 Å². The maximum atomic E-state index is 5.85. The quantitative estimate of drug-likeness (QED) is 0.809. The first-order valence-corrected chi connectivity index (χ1v) is 6.68. The molecule has 3 nitrogen and oxygen atoms in total. The molecule has 2 N–H and O–H groups in total. The van der Waals surface area contributed by atoms with Crippen LogP contribution >= 0.6 is 0 Å². The highest BCUT2D eigenvalue weighted by Gasteiger charge is 2.21. The molecule has 1 unspecified atom stereocenters. The van der Waals surface area contributed by atoms with Gasteiger partial charge in [0.25, 0.3) is 0 Å². The van der Waals surface area contributed by atoms with Gasteiger partial charge >= 0.3 is 0 Å². The van der Waals surface area contributed by atoms with Crippen molar-refractivity contribution in [3.05, 3.63) is 0 Å². The van der Waals surface area contributed by atoms with Crippen LogP contribution in [0, 0.1) is 0 Å². The SMILES string of the molecule is CCC.CCC(COC)N1CCC(N)CC1.[HH]. The zero-order valence-electron chi connectivity index (χ0n) is 11.5. The van der Waals surface area contributed by atoms with Crippen molar-refractivity contribution < 1.29 is 6.16 Å². The van der Waals surface area contributed by atoms with E-state index in [1.165, 1.54) is 12.8 Å². The highest BCUT2D eigenvalue weighted by Crippen LogP contribution is 2.13. The van der Waals surface area contributed by atoms with Crippen LogP contribution in [-0.4, -0.2) is 43.8 Å². The smallest absolute Gasteiger partial charge is 0.0617 e. The molecule has 0 radical (unpaired) electrons. The molecule has 1 atom stereocenters.